The van der Waals surface area contributed by atoms with Crippen LogP contribution in [0.15, 0.2) is 0 Å². The van der Waals surface area contributed by atoms with Gasteiger partial charge in [0.2, 0.25) is 5.91 Å². The number of hydrogen-bond acceptors (Lipinski definition) is 3. The minimum atomic E-state index is -0.445. The first kappa shape index (κ1) is 17.4. The maximum Gasteiger partial charge on any atom is 0.237 e. The van der Waals surface area contributed by atoms with Crippen molar-refractivity contribution in [3.05, 3.63) is 0 Å². The van der Waals surface area contributed by atoms with Gasteiger partial charge in [-0.3, -0.25) is 4.79 Å². The first-order valence-corrected chi connectivity index (χ1v) is 6.64. The van der Waals surface area contributed by atoms with Crippen molar-refractivity contribution in [3.8, 4) is 0 Å². The van der Waals surface area contributed by atoms with Gasteiger partial charge in [-0.05, 0) is 38.5 Å². The largest absolute Gasteiger partial charge is 0.385 e. The lowest BCUT2D eigenvalue weighted by Gasteiger charge is -2.34. The molecule has 1 amide bonds. The monoisotopic (exact) mass is 258 g/mol. The average Bonchev–Trinajstić information content (AvgIpc) is 2.12. The summed E-state index contributed by atoms with van der Waals surface area (Å²) < 4.78 is 4.95. The molecule has 0 aliphatic carbocycles. The Kier molecular flexibility index (Phi) is 6.86. The first-order valence-electron chi connectivity index (χ1n) is 6.64. The van der Waals surface area contributed by atoms with Crippen LogP contribution in [0.5, 0.6) is 0 Å². The van der Waals surface area contributed by atoms with Crippen LogP contribution < -0.4 is 11.1 Å². The van der Waals surface area contributed by atoms with E-state index in [1.807, 2.05) is 13.8 Å². The van der Waals surface area contributed by atoms with E-state index in [2.05, 4.69) is 26.1 Å². The minimum absolute atomic E-state index is 0.0691. The number of carbonyl (C=O) groups excluding carboxylic acids is 1. The predicted molar refractivity (Wildman–Crippen MR) is 75.4 cm³/mol. The molecule has 1 unspecified atom stereocenters. The number of nitrogens with one attached hydrogen (secondary N) is 1. The summed E-state index contributed by atoms with van der Waals surface area (Å²) in [5.74, 6) is -0.0691. The van der Waals surface area contributed by atoms with E-state index >= 15 is 0 Å². The number of carbonyl (C=O) groups is 1. The fraction of sp³-hybridized carbons (Fsp3) is 0.929. The van der Waals surface area contributed by atoms with Gasteiger partial charge >= 0.3 is 0 Å². The molecule has 3 N–H and O–H groups in total. The summed E-state index contributed by atoms with van der Waals surface area (Å²) in [6.45, 7) is 11.2. The van der Waals surface area contributed by atoms with Crippen molar-refractivity contribution in [3.63, 3.8) is 0 Å². The van der Waals surface area contributed by atoms with Crippen molar-refractivity contribution in [2.75, 3.05) is 13.7 Å². The van der Waals surface area contributed by atoms with Crippen molar-refractivity contribution in [2.45, 2.75) is 65.5 Å². The van der Waals surface area contributed by atoms with Crippen molar-refractivity contribution in [2.24, 2.45) is 11.1 Å². The van der Waals surface area contributed by atoms with Crippen LogP contribution in [0.1, 0.15) is 53.9 Å². The quantitative estimate of drug-likeness (QED) is 0.687. The second-order valence-electron chi connectivity index (χ2n) is 6.85. The van der Waals surface area contributed by atoms with Crippen molar-refractivity contribution < 1.29 is 9.53 Å². The summed E-state index contributed by atoms with van der Waals surface area (Å²) in [5.41, 5.74) is 5.81. The highest BCUT2D eigenvalue weighted by Gasteiger charge is 2.28. The second kappa shape index (κ2) is 7.10. The smallest absolute Gasteiger partial charge is 0.237 e. The fourth-order valence-electron chi connectivity index (χ4n) is 2.37. The Balaban J connectivity index is 4.20. The van der Waals surface area contributed by atoms with E-state index in [0.29, 0.717) is 13.0 Å². The fourth-order valence-corrected chi connectivity index (χ4v) is 2.37. The number of methoxy groups -OCH3 is 1. The third-order valence-electron chi connectivity index (χ3n) is 2.63. The SMILES string of the molecule is COCCCC(N)C(=O)NC(C)(C)CC(C)(C)C. The number of hydrogen-bond donors (Lipinski definition) is 2. The van der Waals surface area contributed by atoms with Gasteiger partial charge in [-0.25, -0.2) is 0 Å². The van der Waals surface area contributed by atoms with Crippen LogP contribution in [0, 0.1) is 5.41 Å². The average molecular weight is 258 g/mol. The molecule has 0 aromatic carbocycles. The number of ether oxygens (including phenoxy) is 1. The molecular weight excluding hydrogens is 228 g/mol. The van der Waals surface area contributed by atoms with E-state index in [1.165, 1.54) is 0 Å². The summed E-state index contributed by atoms with van der Waals surface area (Å²) in [4.78, 5) is 12.0. The van der Waals surface area contributed by atoms with Crippen LogP contribution >= 0.6 is 0 Å². The van der Waals surface area contributed by atoms with Gasteiger partial charge in [0.15, 0.2) is 0 Å². The Bertz CT molecular complexity index is 257. The van der Waals surface area contributed by atoms with Crippen LogP contribution in [0.3, 0.4) is 0 Å². The van der Waals surface area contributed by atoms with Crippen LogP contribution in [-0.2, 0) is 9.53 Å². The van der Waals surface area contributed by atoms with Gasteiger partial charge in [0.05, 0.1) is 6.04 Å². The number of amides is 1. The molecule has 0 fully saturated rings. The minimum Gasteiger partial charge on any atom is -0.385 e. The van der Waals surface area contributed by atoms with E-state index in [0.717, 1.165) is 12.8 Å². The summed E-state index contributed by atoms with van der Waals surface area (Å²) in [5, 5.41) is 3.03. The van der Waals surface area contributed by atoms with Crippen LogP contribution in [-0.4, -0.2) is 31.2 Å². The Morgan fingerprint density at radius 3 is 2.28 bits per heavy atom. The molecule has 0 aliphatic heterocycles. The Morgan fingerprint density at radius 2 is 1.83 bits per heavy atom. The van der Waals surface area contributed by atoms with Crippen molar-refractivity contribution >= 4 is 5.91 Å². The Labute approximate surface area is 112 Å². The Morgan fingerprint density at radius 1 is 1.28 bits per heavy atom. The normalized spacial score (nSPS) is 14.4. The van der Waals surface area contributed by atoms with E-state index in [1.54, 1.807) is 7.11 Å². The van der Waals surface area contributed by atoms with Crippen molar-refractivity contribution in [1.29, 1.82) is 0 Å². The standard InChI is InChI=1S/C14H30N2O2/c1-13(2,3)10-14(4,5)16-12(17)11(15)8-7-9-18-6/h11H,7-10,15H2,1-6H3,(H,16,17). The molecule has 4 heteroatoms. The molecule has 0 heterocycles. The molecule has 0 rings (SSSR count). The predicted octanol–water partition coefficient (Wildman–Crippen LogP) is 2.07. The zero-order valence-corrected chi connectivity index (χ0v) is 12.8. The molecule has 108 valence electrons. The molecule has 1 atom stereocenters. The van der Waals surface area contributed by atoms with Gasteiger partial charge in [-0.15, -0.1) is 0 Å². The summed E-state index contributed by atoms with van der Waals surface area (Å²) >= 11 is 0. The summed E-state index contributed by atoms with van der Waals surface area (Å²) in [6.07, 6.45) is 2.38. The molecule has 18 heavy (non-hydrogen) atoms. The van der Waals surface area contributed by atoms with E-state index < -0.39 is 6.04 Å². The number of nitrogens with two attached hydrogens (primary N) is 1. The Hall–Kier alpha value is -0.610. The third kappa shape index (κ3) is 8.48. The third-order valence-corrected chi connectivity index (χ3v) is 2.63. The molecule has 0 bridgehead atoms. The van der Waals surface area contributed by atoms with E-state index in [-0.39, 0.29) is 16.9 Å². The highest BCUT2D eigenvalue weighted by molar-refractivity contribution is 5.82. The molecule has 0 aromatic heterocycles. The first-order chi connectivity index (χ1) is 8.07. The molecule has 4 nitrogen and oxygen atoms in total. The van der Waals surface area contributed by atoms with Gasteiger partial charge in [-0.1, -0.05) is 20.8 Å². The highest BCUT2D eigenvalue weighted by atomic mass is 16.5. The van der Waals surface area contributed by atoms with Gasteiger partial charge in [-0.2, -0.15) is 0 Å². The zero-order valence-electron chi connectivity index (χ0n) is 12.8. The van der Waals surface area contributed by atoms with Gasteiger partial charge in [0, 0.05) is 19.3 Å². The molecule has 0 saturated carbocycles. The maximum atomic E-state index is 12.0. The molecule has 0 radical (unpaired) electrons. The van der Waals surface area contributed by atoms with Gasteiger partial charge in [0.1, 0.15) is 0 Å². The molecule has 0 aromatic rings. The molecule has 0 spiro atoms. The van der Waals surface area contributed by atoms with Crippen LogP contribution in [0.25, 0.3) is 0 Å². The molecule has 0 saturated heterocycles. The second-order valence-corrected chi connectivity index (χ2v) is 6.85. The number of rotatable bonds is 7. The van der Waals surface area contributed by atoms with Crippen molar-refractivity contribution in [1.82, 2.24) is 5.32 Å². The molecular formula is C14H30N2O2. The van der Waals surface area contributed by atoms with Gasteiger partial charge < -0.3 is 15.8 Å². The lowest BCUT2D eigenvalue weighted by Crippen LogP contribution is -2.51. The highest BCUT2D eigenvalue weighted by Crippen LogP contribution is 2.26. The van der Waals surface area contributed by atoms with Crippen LogP contribution in [0.2, 0.25) is 0 Å². The lowest BCUT2D eigenvalue weighted by molar-refractivity contribution is -0.124. The summed E-state index contributed by atoms with van der Waals surface area (Å²) in [6, 6.07) is -0.445. The topological polar surface area (TPSA) is 64.3 Å². The van der Waals surface area contributed by atoms with Crippen LogP contribution in [0.4, 0.5) is 0 Å². The summed E-state index contributed by atoms with van der Waals surface area (Å²) in [7, 11) is 1.65. The molecule has 0 aliphatic rings. The van der Waals surface area contributed by atoms with E-state index in [9.17, 15) is 4.79 Å². The van der Waals surface area contributed by atoms with E-state index in [4.69, 9.17) is 10.5 Å². The zero-order chi connectivity index (χ0) is 14.4. The van der Waals surface area contributed by atoms with Gasteiger partial charge in [0.25, 0.3) is 0 Å². The maximum absolute atomic E-state index is 12.0. The lowest BCUT2D eigenvalue weighted by atomic mass is 9.81.